The Kier molecular flexibility index (Phi) is 7.31. The molecule has 1 aromatic carbocycles. The molecule has 3 nitrogen and oxygen atoms in total. The van der Waals surface area contributed by atoms with Crippen molar-refractivity contribution in [1.29, 1.82) is 0 Å². The van der Waals surface area contributed by atoms with Crippen LogP contribution < -0.4 is 10.6 Å². The normalized spacial score (nSPS) is 21.9. The van der Waals surface area contributed by atoms with Crippen molar-refractivity contribution in [3.8, 4) is 0 Å². The van der Waals surface area contributed by atoms with Crippen LogP contribution in [-0.4, -0.2) is 36.2 Å². The van der Waals surface area contributed by atoms with E-state index in [1.54, 1.807) is 0 Å². The first-order valence-electron chi connectivity index (χ1n) is 8.93. The van der Waals surface area contributed by atoms with E-state index < -0.39 is 0 Å². The summed E-state index contributed by atoms with van der Waals surface area (Å²) in [5.74, 6) is 1.67. The minimum Gasteiger partial charge on any atom is -0.362 e. The van der Waals surface area contributed by atoms with Gasteiger partial charge in [0.05, 0.1) is 0 Å². The Morgan fingerprint density at radius 2 is 1.83 bits per heavy atom. The van der Waals surface area contributed by atoms with Gasteiger partial charge in [-0.15, -0.1) is 0 Å². The fourth-order valence-electron chi connectivity index (χ4n) is 3.48. The molecule has 1 saturated heterocycles. The standard InChI is InChI=1S/C19H31N3S/c1-4-17-6-8-18(9-7-17)21-19(23)20-10-5-11-22-13-15(2)12-16(3)14-22/h6-9,15-16H,4-5,10-14H2,1-3H3,(H2,20,21,23)/t15-,16-/m1/s1. The number of benzene rings is 1. The first-order chi connectivity index (χ1) is 11.1. The molecule has 0 radical (unpaired) electrons. The molecule has 0 amide bonds. The van der Waals surface area contributed by atoms with Gasteiger partial charge in [-0.3, -0.25) is 0 Å². The maximum absolute atomic E-state index is 5.37. The molecule has 0 aromatic heterocycles. The van der Waals surface area contributed by atoms with Crippen LogP contribution in [0.25, 0.3) is 0 Å². The summed E-state index contributed by atoms with van der Waals surface area (Å²) in [6.45, 7) is 11.5. The number of likely N-dealkylation sites (tertiary alicyclic amines) is 1. The van der Waals surface area contributed by atoms with Gasteiger partial charge in [-0.05, 0) is 67.6 Å². The van der Waals surface area contributed by atoms with Crippen LogP contribution in [0.5, 0.6) is 0 Å². The van der Waals surface area contributed by atoms with E-state index in [4.69, 9.17) is 12.2 Å². The third-order valence-corrected chi connectivity index (χ3v) is 4.75. The SMILES string of the molecule is CCc1ccc(NC(=S)NCCCN2C[C@H](C)C[C@@H](C)C2)cc1. The second-order valence-electron chi connectivity index (χ2n) is 6.99. The van der Waals surface area contributed by atoms with E-state index in [1.807, 2.05) is 0 Å². The molecule has 0 spiro atoms. The molecule has 4 heteroatoms. The van der Waals surface area contributed by atoms with Gasteiger partial charge in [-0.1, -0.05) is 32.9 Å². The Hall–Kier alpha value is -1.13. The summed E-state index contributed by atoms with van der Waals surface area (Å²) in [7, 11) is 0. The van der Waals surface area contributed by atoms with Crippen LogP contribution in [0, 0.1) is 11.8 Å². The molecular formula is C19H31N3S. The molecule has 0 unspecified atom stereocenters. The molecule has 2 N–H and O–H groups in total. The highest BCUT2D eigenvalue weighted by molar-refractivity contribution is 7.80. The quantitative estimate of drug-likeness (QED) is 0.610. The van der Waals surface area contributed by atoms with Gasteiger partial charge < -0.3 is 15.5 Å². The van der Waals surface area contributed by atoms with Crippen LogP contribution in [0.2, 0.25) is 0 Å². The summed E-state index contributed by atoms with van der Waals surface area (Å²) in [5.41, 5.74) is 2.40. The van der Waals surface area contributed by atoms with Gasteiger partial charge in [0.15, 0.2) is 5.11 Å². The zero-order chi connectivity index (χ0) is 16.7. The van der Waals surface area contributed by atoms with Crippen LogP contribution in [0.1, 0.15) is 39.2 Å². The van der Waals surface area contributed by atoms with Gasteiger partial charge in [0, 0.05) is 25.3 Å². The number of rotatable bonds is 6. The van der Waals surface area contributed by atoms with Crippen molar-refractivity contribution in [2.45, 2.75) is 40.0 Å². The van der Waals surface area contributed by atoms with E-state index in [2.05, 4.69) is 60.6 Å². The van der Waals surface area contributed by atoms with Crippen LogP contribution in [0.3, 0.4) is 0 Å². The fraction of sp³-hybridized carbons (Fsp3) is 0.632. The lowest BCUT2D eigenvalue weighted by Crippen LogP contribution is -2.40. The highest BCUT2D eigenvalue weighted by Crippen LogP contribution is 2.20. The van der Waals surface area contributed by atoms with Crippen molar-refractivity contribution >= 4 is 23.0 Å². The Morgan fingerprint density at radius 3 is 2.43 bits per heavy atom. The number of thiocarbonyl (C=S) groups is 1. The molecule has 128 valence electrons. The molecule has 1 aliphatic heterocycles. The lowest BCUT2D eigenvalue weighted by atomic mass is 9.92. The Bertz CT molecular complexity index is 476. The number of piperidine rings is 1. The van der Waals surface area contributed by atoms with E-state index in [-0.39, 0.29) is 0 Å². The average molecular weight is 334 g/mol. The Balaban J connectivity index is 1.62. The van der Waals surface area contributed by atoms with E-state index in [0.29, 0.717) is 0 Å². The van der Waals surface area contributed by atoms with Crippen LogP contribution in [-0.2, 0) is 6.42 Å². The van der Waals surface area contributed by atoms with E-state index >= 15 is 0 Å². The highest BCUT2D eigenvalue weighted by atomic mass is 32.1. The van der Waals surface area contributed by atoms with Crippen LogP contribution >= 0.6 is 12.2 Å². The third kappa shape index (κ3) is 6.48. The number of hydrogen-bond acceptors (Lipinski definition) is 2. The zero-order valence-electron chi connectivity index (χ0n) is 14.8. The first-order valence-corrected chi connectivity index (χ1v) is 9.33. The second kappa shape index (κ2) is 9.24. The average Bonchev–Trinajstić information content (AvgIpc) is 2.51. The Morgan fingerprint density at radius 1 is 1.17 bits per heavy atom. The molecule has 1 aliphatic rings. The highest BCUT2D eigenvalue weighted by Gasteiger charge is 2.20. The van der Waals surface area contributed by atoms with Crippen LogP contribution in [0.4, 0.5) is 5.69 Å². The van der Waals surface area contributed by atoms with Crippen molar-refractivity contribution in [1.82, 2.24) is 10.2 Å². The predicted molar refractivity (Wildman–Crippen MR) is 104 cm³/mol. The summed E-state index contributed by atoms with van der Waals surface area (Å²) in [5, 5.41) is 7.29. The maximum atomic E-state index is 5.37. The van der Waals surface area contributed by atoms with E-state index in [0.717, 1.165) is 48.6 Å². The van der Waals surface area contributed by atoms with Gasteiger partial charge in [-0.2, -0.15) is 0 Å². The number of hydrogen-bond donors (Lipinski definition) is 2. The molecule has 0 saturated carbocycles. The van der Waals surface area contributed by atoms with Gasteiger partial charge in [0.2, 0.25) is 0 Å². The van der Waals surface area contributed by atoms with Crippen molar-refractivity contribution < 1.29 is 0 Å². The Labute approximate surface area is 146 Å². The fourth-order valence-corrected chi connectivity index (χ4v) is 3.70. The topological polar surface area (TPSA) is 27.3 Å². The predicted octanol–water partition coefficient (Wildman–Crippen LogP) is 3.90. The van der Waals surface area contributed by atoms with Gasteiger partial charge in [0.25, 0.3) is 0 Å². The summed E-state index contributed by atoms with van der Waals surface area (Å²) < 4.78 is 0. The lowest BCUT2D eigenvalue weighted by molar-refractivity contribution is 0.140. The minimum absolute atomic E-state index is 0.717. The molecular weight excluding hydrogens is 302 g/mol. The minimum atomic E-state index is 0.717. The van der Waals surface area contributed by atoms with Gasteiger partial charge in [0.1, 0.15) is 0 Å². The summed E-state index contributed by atoms with van der Waals surface area (Å²) >= 11 is 5.37. The largest absolute Gasteiger partial charge is 0.362 e. The van der Waals surface area contributed by atoms with Crippen LogP contribution in [0.15, 0.2) is 24.3 Å². The monoisotopic (exact) mass is 333 g/mol. The molecule has 1 aromatic rings. The van der Waals surface area contributed by atoms with E-state index in [1.165, 1.54) is 25.1 Å². The molecule has 2 rings (SSSR count). The number of nitrogens with one attached hydrogen (secondary N) is 2. The summed E-state index contributed by atoms with van der Waals surface area (Å²) in [6, 6.07) is 8.46. The van der Waals surface area contributed by atoms with Crippen molar-refractivity contribution in [2.24, 2.45) is 11.8 Å². The maximum Gasteiger partial charge on any atom is 0.170 e. The van der Waals surface area contributed by atoms with Crippen molar-refractivity contribution in [3.63, 3.8) is 0 Å². The number of aryl methyl sites for hydroxylation is 1. The van der Waals surface area contributed by atoms with E-state index in [9.17, 15) is 0 Å². The number of nitrogens with zero attached hydrogens (tertiary/aromatic N) is 1. The summed E-state index contributed by atoms with van der Waals surface area (Å²) in [4.78, 5) is 2.60. The van der Waals surface area contributed by atoms with Gasteiger partial charge >= 0.3 is 0 Å². The molecule has 23 heavy (non-hydrogen) atoms. The van der Waals surface area contributed by atoms with Crippen molar-refractivity contribution in [2.75, 3.05) is 31.5 Å². The van der Waals surface area contributed by atoms with Gasteiger partial charge in [-0.25, -0.2) is 0 Å². The molecule has 1 fully saturated rings. The van der Waals surface area contributed by atoms with Crippen molar-refractivity contribution in [3.05, 3.63) is 29.8 Å². The number of anilines is 1. The summed E-state index contributed by atoms with van der Waals surface area (Å²) in [6.07, 6.45) is 3.58. The molecule has 0 bridgehead atoms. The zero-order valence-corrected chi connectivity index (χ0v) is 15.6. The lowest BCUT2D eigenvalue weighted by Gasteiger charge is -2.34. The molecule has 1 heterocycles. The second-order valence-corrected chi connectivity index (χ2v) is 7.40. The first kappa shape index (κ1) is 18.2. The molecule has 0 aliphatic carbocycles. The smallest absolute Gasteiger partial charge is 0.170 e. The molecule has 2 atom stereocenters. The third-order valence-electron chi connectivity index (χ3n) is 4.50.